The number of aromatic nitrogens is 2. The number of carbonyl (C=O) groups is 1. The average molecular weight is 288 g/mol. The number of nitrogens with zero attached hydrogens (tertiary/aromatic N) is 1. The summed E-state index contributed by atoms with van der Waals surface area (Å²) in [6, 6.07) is 5.38. The second kappa shape index (κ2) is 5.22. The van der Waals surface area contributed by atoms with Crippen molar-refractivity contribution in [2.45, 2.75) is 0 Å². The Morgan fingerprint density at radius 3 is 2.57 bits per heavy atom. The van der Waals surface area contributed by atoms with Crippen molar-refractivity contribution in [3.8, 4) is 17.7 Å². The van der Waals surface area contributed by atoms with E-state index < -0.39 is 28.6 Å². The molecule has 9 heteroatoms. The number of nitrogens with one attached hydrogen (secondary N) is 3. The summed E-state index contributed by atoms with van der Waals surface area (Å²) in [5.41, 5.74) is -2.65. The predicted molar refractivity (Wildman–Crippen MR) is 70.1 cm³/mol. The number of rotatable bonds is 2. The van der Waals surface area contributed by atoms with Gasteiger partial charge in [0.25, 0.3) is 11.5 Å². The maximum absolute atomic E-state index is 11.9. The van der Waals surface area contributed by atoms with Crippen LogP contribution in [0.4, 0.5) is 5.69 Å². The Balaban J connectivity index is 2.38. The predicted octanol–water partition coefficient (Wildman–Crippen LogP) is -0.402. The average Bonchev–Trinajstić information content (AvgIpc) is 2.39. The third-order valence-electron chi connectivity index (χ3n) is 2.52. The van der Waals surface area contributed by atoms with E-state index in [4.69, 9.17) is 5.26 Å². The molecule has 0 spiro atoms. The largest absolute Gasteiger partial charge is 0.507 e. The summed E-state index contributed by atoms with van der Waals surface area (Å²) in [5, 5.41) is 29.8. The van der Waals surface area contributed by atoms with E-state index in [2.05, 4.69) is 5.32 Å². The summed E-state index contributed by atoms with van der Waals surface area (Å²) in [4.78, 5) is 37.9. The molecule has 0 fully saturated rings. The van der Waals surface area contributed by atoms with Gasteiger partial charge in [-0.15, -0.1) is 0 Å². The highest BCUT2D eigenvalue weighted by molar-refractivity contribution is 6.05. The van der Waals surface area contributed by atoms with Gasteiger partial charge in [-0.2, -0.15) is 5.26 Å². The van der Waals surface area contributed by atoms with Gasteiger partial charge >= 0.3 is 5.69 Å². The SMILES string of the molecule is N#Cc1cc(NC(=O)c2c(O)[nH]c(=O)[nH]c2=O)ccc1O. The van der Waals surface area contributed by atoms with Gasteiger partial charge in [-0.1, -0.05) is 0 Å². The number of anilines is 1. The lowest BCUT2D eigenvalue weighted by atomic mass is 10.2. The Morgan fingerprint density at radius 1 is 1.24 bits per heavy atom. The lowest BCUT2D eigenvalue weighted by Crippen LogP contribution is -2.30. The zero-order valence-electron chi connectivity index (χ0n) is 10.3. The minimum Gasteiger partial charge on any atom is -0.507 e. The maximum Gasteiger partial charge on any atom is 0.328 e. The molecule has 2 rings (SSSR count). The van der Waals surface area contributed by atoms with Crippen LogP contribution in [0.5, 0.6) is 11.6 Å². The minimum absolute atomic E-state index is 0.0765. The van der Waals surface area contributed by atoms with Gasteiger partial charge in [0.05, 0.1) is 5.56 Å². The Morgan fingerprint density at radius 2 is 1.95 bits per heavy atom. The summed E-state index contributed by atoms with van der Waals surface area (Å²) in [7, 11) is 0. The summed E-state index contributed by atoms with van der Waals surface area (Å²) < 4.78 is 0. The van der Waals surface area contributed by atoms with Crippen molar-refractivity contribution in [2.75, 3.05) is 5.32 Å². The van der Waals surface area contributed by atoms with E-state index in [0.717, 1.165) is 0 Å². The van der Waals surface area contributed by atoms with Gasteiger partial charge in [0.2, 0.25) is 5.88 Å². The second-order valence-corrected chi connectivity index (χ2v) is 3.93. The molecule has 0 saturated carbocycles. The van der Waals surface area contributed by atoms with Crippen LogP contribution in [0.15, 0.2) is 27.8 Å². The number of phenols is 1. The first-order valence-corrected chi connectivity index (χ1v) is 5.52. The van der Waals surface area contributed by atoms with Gasteiger partial charge in [0.15, 0.2) is 5.56 Å². The molecule has 1 aromatic heterocycles. The van der Waals surface area contributed by atoms with Crippen molar-refractivity contribution in [3.05, 3.63) is 50.2 Å². The number of nitriles is 1. The Labute approximate surface area is 116 Å². The first kappa shape index (κ1) is 13.9. The number of hydrogen-bond acceptors (Lipinski definition) is 6. The monoisotopic (exact) mass is 288 g/mol. The standard InChI is InChI=1S/C12H8N4O5/c13-4-5-3-6(1-2-7(5)17)14-9(18)8-10(19)15-12(21)16-11(8)20/h1-3,17H,(H,14,18)(H3,15,16,19,20,21). The van der Waals surface area contributed by atoms with Gasteiger partial charge in [-0.05, 0) is 18.2 Å². The normalized spacial score (nSPS) is 9.86. The van der Waals surface area contributed by atoms with Crippen molar-refractivity contribution < 1.29 is 15.0 Å². The van der Waals surface area contributed by atoms with Crippen molar-refractivity contribution in [1.29, 1.82) is 5.26 Å². The van der Waals surface area contributed by atoms with Crippen molar-refractivity contribution >= 4 is 11.6 Å². The number of hydrogen-bond donors (Lipinski definition) is 5. The molecule has 0 aliphatic heterocycles. The van der Waals surface area contributed by atoms with E-state index in [9.17, 15) is 24.6 Å². The fraction of sp³-hybridized carbons (Fsp3) is 0. The van der Waals surface area contributed by atoms with E-state index >= 15 is 0 Å². The van der Waals surface area contributed by atoms with Crippen molar-refractivity contribution in [1.82, 2.24) is 9.97 Å². The molecular weight excluding hydrogens is 280 g/mol. The van der Waals surface area contributed by atoms with Gasteiger partial charge in [-0.25, -0.2) is 4.79 Å². The lowest BCUT2D eigenvalue weighted by Gasteiger charge is -2.06. The van der Waals surface area contributed by atoms with Crippen LogP contribution in [0, 0.1) is 11.3 Å². The summed E-state index contributed by atoms with van der Waals surface area (Å²) in [6.07, 6.45) is 0. The molecule has 0 unspecified atom stereocenters. The van der Waals surface area contributed by atoms with E-state index in [1.165, 1.54) is 18.2 Å². The van der Waals surface area contributed by atoms with Crippen molar-refractivity contribution in [2.24, 2.45) is 0 Å². The number of aromatic amines is 2. The molecule has 9 nitrogen and oxygen atoms in total. The van der Waals surface area contributed by atoms with E-state index in [1.54, 1.807) is 11.1 Å². The Bertz CT molecular complexity index is 874. The quantitative estimate of drug-likeness (QED) is 0.472. The maximum atomic E-state index is 11.9. The minimum atomic E-state index is -1.06. The molecule has 21 heavy (non-hydrogen) atoms. The number of H-pyrrole nitrogens is 2. The van der Waals surface area contributed by atoms with Crippen LogP contribution in [0.2, 0.25) is 0 Å². The third-order valence-corrected chi connectivity index (χ3v) is 2.52. The van der Waals surface area contributed by atoms with Crippen LogP contribution in [0.1, 0.15) is 15.9 Å². The van der Waals surface area contributed by atoms with E-state index in [0.29, 0.717) is 0 Å². The van der Waals surface area contributed by atoms with Crippen LogP contribution in [0.25, 0.3) is 0 Å². The van der Waals surface area contributed by atoms with Crippen LogP contribution in [0.3, 0.4) is 0 Å². The highest BCUT2D eigenvalue weighted by atomic mass is 16.3. The number of benzene rings is 1. The first-order chi connectivity index (χ1) is 9.92. The number of aromatic hydroxyl groups is 2. The highest BCUT2D eigenvalue weighted by Crippen LogP contribution is 2.21. The van der Waals surface area contributed by atoms with Crippen LogP contribution in [-0.2, 0) is 0 Å². The first-order valence-electron chi connectivity index (χ1n) is 5.52. The van der Waals surface area contributed by atoms with Gasteiger partial charge in [-0.3, -0.25) is 19.6 Å². The molecule has 0 radical (unpaired) electrons. The van der Waals surface area contributed by atoms with Crippen LogP contribution in [-0.4, -0.2) is 26.1 Å². The van der Waals surface area contributed by atoms with E-state index in [-0.39, 0.29) is 17.0 Å². The molecule has 1 aromatic carbocycles. The number of amides is 1. The molecule has 0 aliphatic rings. The molecule has 0 bridgehead atoms. The summed E-state index contributed by atoms with van der Waals surface area (Å²) in [6.45, 7) is 0. The molecule has 0 atom stereocenters. The fourth-order valence-corrected chi connectivity index (χ4v) is 1.58. The number of phenolic OH excluding ortho intramolecular Hbond substituents is 1. The molecule has 1 heterocycles. The van der Waals surface area contributed by atoms with Crippen molar-refractivity contribution in [3.63, 3.8) is 0 Å². The Hall–Kier alpha value is -3.54. The fourth-order valence-electron chi connectivity index (χ4n) is 1.58. The number of carbonyl (C=O) groups excluding carboxylic acids is 1. The topological polar surface area (TPSA) is 159 Å². The highest BCUT2D eigenvalue weighted by Gasteiger charge is 2.18. The zero-order chi connectivity index (χ0) is 15.6. The summed E-state index contributed by atoms with van der Waals surface area (Å²) in [5.74, 6) is -2.12. The summed E-state index contributed by atoms with van der Waals surface area (Å²) >= 11 is 0. The third kappa shape index (κ3) is 2.74. The molecule has 106 valence electrons. The molecular formula is C12H8N4O5. The smallest absolute Gasteiger partial charge is 0.328 e. The lowest BCUT2D eigenvalue weighted by molar-refractivity contribution is 0.102. The van der Waals surface area contributed by atoms with Gasteiger partial charge in [0, 0.05) is 5.69 Å². The molecule has 2 aromatic rings. The van der Waals surface area contributed by atoms with Crippen LogP contribution < -0.4 is 16.6 Å². The Kier molecular flexibility index (Phi) is 3.45. The molecule has 5 N–H and O–H groups in total. The molecule has 1 amide bonds. The second-order valence-electron chi connectivity index (χ2n) is 3.93. The van der Waals surface area contributed by atoms with E-state index in [1.807, 2.05) is 4.98 Å². The van der Waals surface area contributed by atoms with Crippen LogP contribution >= 0.6 is 0 Å². The molecule has 0 saturated heterocycles. The van der Waals surface area contributed by atoms with Gasteiger partial charge < -0.3 is 15.5 Å². The van der Waals surface area contributed by atoms with Gasteiger partial charge in [0.1, 0.15) is 11.8 Å². The molecule has 0 aliphatic carbocycles. The zero-order valence-corrected chi connectivity index (χ0v) is 10.3.